The van der Waals surface area contributed by atoms with E-state index >= 15 is 0 Å². The molecule has 2 aliphatic heterocycles. The molecular weight excluding hydrogens is 156 g/mol. The first-order valence-corrected chi connectivity index (χ1v) is 4.28. The van der Waals surface area contributed by atoms with Crippen molar-refractivity contribution in [2.75, 3.05) is 19.7 Å². The van der Waals surface area contributed by atoms with Crippen LogP contribution in [0.2, 0.25) is 0 Å². The number of nitrogens with one attached hydrogen (secondary N) is 1. The molecule has 0 saturated carbocycles. The molecular formula is C8H14N2O2. The lowest BCUT2D eigenvalue weighted by Gasteiger charge is -2.40. The lowest BCUT2D eigenvalue weighted by atomic mass is 10.0. The third-order valence-corrected chi connectivity index (χ3v) is 2.52. The van der Waals surface area contributed by atoms with Crippen molar-refractivity contribution in [2.24, 2.45) is 0 Å². The first kappa shape index (κ1) is 7.86. The Bertz CT molecular complexity index is 211. The topological polar surface area (TPSA) is 41.6 Å². The maximum atomic E-state index is 11.3. The van der Waals surface area contributed by atoms with Crippen molar-refractivity contribution in [1.82, 2.24) is 10.2 Å². The lowest BCUT2D eigenvalue weighted by Crippen LogP contribution is -2.62. The monoisotopic (exact) mass is 170 g/mol. The predicted molar refractivity (Wildman–Crippen MR) is 43.9 cm³/mol. The van der Waals surface area contributed by atoms with E-state index in [-0.39, 0.29) is 11.6 Å². The normalized spacial score (nSPS) is 28.5. The van der Waals surface area contributed by atoms with E-state index in [0.717, 1.165) is 13.1 Å². The summed E-state index contributed by atoms with van der Waals surface area (Å²) in [7, 11) is 0. The van der Waals surface area contributed by atoms with E-state index in [2.05, 4.69) is 5.32 Å². The Balaban J connectivity index is 2.14. The van der Waals surface area contributed by atoms with Crippen molar-refractivity contribution in [3.05, 3.63) is 0 Å². The Labute approximate surface area is 71.9 Å². The Morgan fingerprint density at radius 3 is 2.58 bits per heavy atom. The number of ether oxygens (including phenoxy) is 1. The van der Waals surface area contributed by atoms with Crippen molar-refractivity contribution in [1.29, 1.82) is 0 Å². The summed E-state index contributed by atoms with van der Waals surface area (Å²) in [4.78, 5) is 13.2. The first-order valence-electron chi connectivity index (χ1n) is 4.28. The van der Waals surface area contributed by atoms with Gasteiger partial charge in [0.2, 0.25) is 0 Å². The molecule has 0 bridgehead atoms. The van der Waals surface area contributed by atoms with E-state index in [1.54, 1.807) is 0 Å². The summed E-state index contributed by atoms with van der Waals surface area (Å²) in [6.45, 7) is 6.39. The quantitative estimate of drug-likeness (QED) is 0.610. The van der Waals surface area contributed by atoms with Crippen LogP contribution < -0.4 is 5.32 Å². The van der Waals surface area contributed by atoms with E-state index in [1.807, 2.05) is 18.7 Å². The summed E-state index contributed by atoms with van der Waals surface area (Å²) in [6, 6.07) is 0.343. The number of cyclic esters (lactones) is 1. The molecule has 0 aromatic heterocycles. The van der Waals surface area contributed by atoms with E-state index in [0.29, 0.717) is 12.6 Å². The van der Waals surface area contributed by atoms with Crippen molar-refractivity contribution < 1.29 is 9.53 Å². The lowest BCUT2D eigenvalue weighted by molar-refractivity contribution is 0.106. The van der Waals surface area contributed by atoms with Gasteiger partial charge in [-0.15, -0.1) is 0 Å². The summed E-state index contributed by atoms with van der Waals surface area (Å²) in [5, 5.41) is 3.15. The third kappa shape index (κ3) is 0.982. The summed E-state index contributed by atoms with van der Waals surface area (Å²) in [5.74, 6) is 0. The van der Waals surface area contributed by atoms with E-state index in [1.165, 1.54) is 0 Å². The molecule has 0 aromatic rings. The van der Waals surface area contributed by atoms with Crippen LogP contribution in [0.4, 0.5) is 4.79 Å². The van der Waals surface area contributed by atoms with E-state index < -0.39 is 0 Å². The summed E-state index contributed by atoms with van der Waals surface area (Å²) in [6.07, 6.45) is -0.161. The van der Waals surface area contributed by atoms with E-state index in [9.17, 15) is 4.79 Å². The van der Waals surface area contributed by atoms with Gasteiger partial charge < -0.3 is 10.1 Å². The van der Waals surface area contributed by atoms with Crippen molar-refractivity contribution in [3.8, 4) is 0 Å². The van der Waals surface area contributed by atoms with Crippen molar-refractivity contribution in [3.63, 3.8) is 0 Å². The van der Waals surface area contributed by atoms with Gasteiger partial charge in [-0.2, -0.15) is 0 Å². The smallest absolute Gasteiger partial charge is 0.410 e. The molecule has 4 nitrogen and oxygen atoms in total. The highest BCUT2D eigenvalue weighted by atomic mass is 16.6. The van der Waals surface area contributed by atoms with Crippen LogP contribution in [0.1, 0.15) is 13.8 Å². The molecule has 2 fully saturated rings. The first-order chi connectivity index (χ1) is 5.61. The minimum atomic E-state index is -0.161. The van der Waals surface area contributed by atoms with Gasteiger partial charge in [0.05, 0.1) is 11.6 Å². The predicted octanol–water partition coefficient (Wildman–Crippen LogP) is 0.189. The molecule has 0 aliphatic carbocycles. The zero-order chi connectivity index (χ0) is 8.77. The molecule has 2 heterocycles. The fourth-order valence-electron chi connectivity index (χ4n) is 1.72. The van der Waals surface area contributed by atoms with Crippen LogP contribution in [-0.2, 0) is 4.74 Å². The van der Waals surface area contributed by atoms with Gasteiger partial charge in [-0.3, -0.25) is 4.90 Å². The third-order valence-electron chi connectivity index (χ3n) is 2.52. The van der Waals surface area contributed by atoms with Crippen LogP contribution in [-0.4, -0.2) is 42.3 Å². The number of carbonyl (C=O) groups excluding carboxylic acids is 1. The number of hydrogen-bond donors (Lipinski definition) is 1. The molecule has 4 heteroatoms. The van der Waals surface area contributed by atoms with Crippen LogP contribution in [0, 0.1) is 0 Å². The minimum absolute atomic E-state index is 0.121. The molecule has 1 N–H and O–H groups in total. The molecule has 0 aromatic carbocycles. The highest BCUT2D eigenvalue weighted by Crippen LogP contribution is 2.27. The fourth-order valence-corrected chi connectivity index (χ4v) is 1.72. The standard InChI is InChI=1S/C8H14N2O2/c1-8(2)5-12-7(11)10(8)6-3-9-4-6/h6,9H,3-5H2,1-2H3. The molecule has 2 aliphatic rings. The number of rotatable bonds is 1. The molecule has 2 saturated heterocycles. The van der Waals surface area contributed by atoms with Crippen LogP contribution in [0.5, 0.6) is 0 Å². The number of carbonyl (C=O) groups is 1. The second-order valence-corrected chi connectivity index (χ2v) is 4.05. The molecule has 0 radical (unpaired) electrons. The Morgan fingerprint density at radius 1 is 1.58 bits per heavy atom. The Hall–Kier alpha value is -0.770. The molecule has 2 rings (SSSR count). The molecule has 12 heavy (non-hydrogen) atoms. The van der Waals surface area contributed by atoms with Crippen molar-refractivity contribution in [2.45, 2.75) is 25.4 Å². The molecule has 0 atom stereocenters. The maximum absolute atomic E-state index is 11.3. The van der Waals surface area contributed by atoms with Gasteiger partial charge in [0.25, 0.3) is 0 Å². The second kappa shape index (κ2) is 2.36. The maximum Gasteiger partial charge on any atom is 0.410 e. The molecule has 1 amide bonds. The Kier molecular flexibility index (Phi) is 1.54. The van der Waals surface area contributed by atoms with Gasteiger partial charge >= 0.3 is 6.09 Å². The van der Waals surface area contributed by atoms with E-state index in [4.69, 9.17) is 4.74 Å². The number of amides is 1. The molecule has 0 spiro atoms. The second-order valence-electron chi connectivity index (χ2n) is 4.05. The average Bonchev–Trinajstić information content (AvgIpc) is 2.11. The Morgan fingerprint density at radius 2 is 2.25 bits per heavy atom. The summed E-state index contributed by atoms with van der Waals surface area (Å²) >= 11 is 0. The zero-order valence-corrected chi connectivity index (χ0v) is 7.46. The summed E-state index contributed by atoms with van der Waals surface area (Å²) in [5.41, 5.74) is -0.121. The van der Waals surface area contributed by atoms with Gasteiger partial charge in [0, 0.05) is 13.1 Å². The highest BCUT2D eigenvalue weighted by molar-refractivity contribution is 5.71. The van der Waals surface area contributed by atoms with Crippen molar-refractivity contribution >= 4 is 6.09 Å². The fraction of sp³-hybridized carbons (Fsp3) is 0.875. The number of nitrogens with zero attached hydrogens (tertiary/aromatic N) is 1. The van der Waals surface area contributed by atoms with Crippen LogP contribution in [0.3, 0.4) is 0 Å². The minimum Gasteiger partial charge on any atom is -0.447 e. The largest absolute Gasteiger partial charge is 0.447 e. The SMILES string of the molecule is CC1(C)COC(=O)N1C1CNC1. The molecule has 0 unspecified atom stereocenters. The molecule has 68 valence electrons. The van der Waals surface area contributed by atoms with Gasteiger partial charge in [-0.25, -0.2) is 4.79 Å². The average molecular weight is 170 g/mol. The van der Waals surface area contributed by atoms with Crippen LogP contribution in [0.25, 0.3) is 0 Å². The van der Waals surface area contributed by atoms with Crippen LogP contribution in [0.15, 0.2) is 0 Å². The number of hydrogen-bond acceptors (Lipinski definition) is 3. The van der Waals surface area contributed by atoms with Gasteiger partial charge in [0.1, 0.15) is 6.61 Å². The van der Waals surface area contributed by atoms with Gasteiger partial charge in [-0.05, 0) is 13.8 Å². The highest BCUT2D eigenvalue weighted by Gasteiger charge is 2.45. The van der Waals surface area contributed by atoms with Gasteiger partial charge in [-0.1, -0.05) is 0 Å². The summed E-state index contributed by atoms with van der Waals surface area (Å²) < 4.78 is 5.00. The van der Waals surface area contributed by atoms with Gasteiger partial charge in [0.15, 0.2) is 0 Å². The zero-order valence-electron chi connectivity index (χ0n) is 7.46. The van der Waals surface area contributed by atoms with Crippen LogP contribution >= 0.6 is 0 Å².